The number of anilines is 1. The van der Waals surface area contributed by atoms with Crippen LogP contribution in [0.4, 0.5) is 19.0 Å². The molecule has 3 aromatic rings. The number of amides is 1. The average molecular weight is 465 g/mol. The summed E-state index contributed by atoms with van der Waals surface area (Å²) in [6.45, 7) is 1.17. The van der Waals surface area contributed by atoms with E-state index < -0.39 is 11.7 Å². The molecule has 7 nitrogen and oxygen atoms in total. The second-order valence-electron chi connectivity index (χ2n) is 7.46. The van der Waals surface area contributed by atoms with Gasteiger partial charge in [0.05, 0.1) is 17.1 Å². The number of aromatic nitrogens is 4. The van der Waals surface area contributed by atoms with Crippen molar-refractivity contribution < 1.29 is 18.0 Å². The zero-order chi connectivity index (χ0) is 22.7. The smallest absolute Gasteiger partial charge is 0.355 e. The van der Waals surface area contributed by atoms with Crippen molar-refractivity contribution in [3.63, 3.8) is 0 Å². The van der Waals surface area contributed by atoms with E-state index in [9.17, 15) is 18.0 Å². The van der Waals surface area contributed by atoms with Gasteiger partial charge in [0.25, 0.3) is 0 Å². The second kappa shape index (κ2) is 9.15. The van der Waals surface area contributed by atoms with Gasteiger partial charge in [-0.25, -0.2) is 4.98 Å². The van der Waals surface area contributed by atoms with Crippen LogP contribution in [0, 0.1) is 5.92 Å². The Labute approximate surface area is 187 Å². The summed E-state index contributed by atoms with van der Waals surface area (Å²) in [5.74, 6) is 0.600. The van der Waals surface area contributed by atoms with Crippen LogP contribution in [0.15, 0.2) is 48.9 Å². The van der Waals surface area contributed by atoms with E-state index in [1.807, 2.05) is 30.3 Å². The van der Waals surface area contributed by atoms with E-state index in [-0.39, 0.29) is 23.4 Å². The van der Waals surface area contributed by atoms with Gasteiger partial charge in [-0.05, 0) is 31.0 Å². The molecule has 1 aromatic carbocycles. The second-order valence-corrected chi connectivity index (χ2v) is 7.87. The van der Waals surface area contributed by atoms with Gasteiger partial charge in [-0.3, -0.25) is 9.36 Å². The van der Waals surface area contributed by atoms with Crippen LogP contribution in [-0.2, 0) is 17.5 Å². The Hall–Kier alpha value is -3.14. The summed E-state index contributed by atoms with van der Waals surface area (Å²) < 4.78 is 40.2. The van der Waals surface area contributed by atoms with Gasteiger partial charge in [-0.2, -0.15) is 13.2 Å². The summed E-state index contributed by atoms with van der Waals surface area (Å²) in [6.07, 6.45) is -1.05. The Morgan fingerprint density at radius 3 is 2.56 bits per heavy atom. The van der Waals surface area contributed by atoms with Gasteiger partial charge in [-0.1, -0.05) is 29.8 Å². The number of nitrogens with zero attached hydrogens (tertiary/aromatic N) is 5. The molecule has 2 aromatic heterocycles. The fourth-order valence-corrected chi connectivity index (χ4v) is 3.95. The average Bonchev–Trinajstić information content (AvgIpc) is 3.26. The Morgan fingerprint density at radius 2 is 1.91 bits per heavy atom. The minimum absolute atomic E-state index is 0.0528. The van der Waals surface area contributed by atoms with Gasteiger partial charge in [0.2, 0.25) is 5.91 Å². The molecule has 1 fully saturated rings. The lowest BCUT2D eigenvalue weighted by atomic mass is 9.96. The number of carbonyl (C=O) groups is 1. The van der Waals surface area contributed by atoms with Crippen LogP contribution in [0.25, 0.3) is 5.69 Å². The molecule has 0 bridgehead atoms. The summed E-state index contributed by atoms with van der Waals surface area (Å²) in [5, 5.41) is 10.9. The highest BCUT2D eigenvalue weighted by Gasteiger charge is 2.33. The number of piperidine rings is 1. The number of para-hydroxylation sites is 1. The lowest BCUT2D eigenvalue weighted by Gasteiger charge is -2.32. The number of rotatable bonds is 5. The third-order valence-electron chi connectivity index (χ3n) is 5.39. The van der Waals surface area contributed by atoms with Gasteiger partial charge in [0.15, 0.2) is 5.82 Å². The number of hydrogen-bond acceptors (Lipinski definition) is 5. The van der Waals surface area contributed by atoms with Crippen molar-refractivity contribution in [2.75, 3.05) is 18.0 Å². The van der Waals surface area contributed by atoms with Crippen molar-refractivity contribution in [3.8, 4) is 5.69 Å². The molecule has 1 aliphatic heterocycles. The first-order chi connectivity index (χ1) is 15.3. The molecule has 0 spiro atoms. The highest BCUT2D eigenvalue weighted by atomic mass is 35.5. The summed E-state index contributed by atoms with van der Waals surface area (Å²) >= 11 is 6.04. The van der Waals surface area contributed by atoms with Gasteiger partial charge >= 0.3 is 6.18 Å². The van der Waals surface area contributed by atoms with Crippen molar-refractivity contribution in [1.82, 2.24) is 25.1 Å². The number of hydrogen-bond donors (Lipinski definition) is 1. The van der Waals surface area contributed by atoms with E-state index in [0.29, 0.717) is 37.6 Å². The van der Waals surface area contributed by atoms with E-state index in [1.54, 1.807) is 15.8 Å². The molecule has 1 saturated heterocycles. The van der Waals surface area contributed by atoms with Crippen molar-refractivity contribution in [2.24, 2.45) is 5.92 Å². The van der Waals surface area contributed by atoms with Crippen LogP contribution in [0.2, 0.25) is 5.02 Å². The first kappa shape index (κ1) is 22.1. The first-order valence-electron chi connectivity index (χ1n) is 10.0. The molecule has 32 heavy (non-hydrogen) atoms. The molecule has 0 atom stereocenters. The van der Waals surface area contributed by atoms with Crippen LogP contribution in [-0.4, -0.2) is 38.7 Å². The largest absolute Gasteiger partial charge is 0.417 e. The summed E-state index contributed by atoms with van der Waals surface area (Å²) in [5.41, 5.74) is 0.0137. The maximum absolute atomic E-state index is 12.8. The molecule has 0 unspecified atom stereocenters. The highest BCUT2D eigenvalue weighted by molar-refractivity contribution is 6.33. The third-order valence-corrected chi connectivity index (χ3v) is 5.67. The van der Waals surface area contributed by atoms with Crippen molar-refractivity contribution >= 4 is 23.3 Å². The molecule has 0 saturated carbocycles. The van der Waals surface area contributed by atoms with Crippen LogP contribution < -0.4 is 10.2 Å². The molecule has 11 heteroatoms. The Balaban J connectivity index is 1.33. The molecule has 3 heterocycles. The van der Waals surface area contributed by atoms with Crippen LogP contribution in [0.3, 0.4) is 0 Å². The molecular formula is C21H20ClF3N6O. The summed E-state index contributed by atoms with van der Waals surface area (Å²) in [6, 6.07) is 10.4. The number of carbonyl (C=O) groups excluding carboxylic acids is 1. The molecule has 1 amide bonds. The summed E-state index contributed by atoms with van der Waals surface area (Å²) in [7, 11) is 0. The lowest BCUT2D eigenvalue weighted by Crippen LogP contribution is -2.41. The first-order valence-corrected chi connectivity index (χ1v) is 10.4. The maximum atomic E-state index is 12.8. The lowest BCUT2D eigenvalue weighted by molar-refractivity contribution is -0.137. The van der Waals surface area contributed by atoms with Crippen molar-refractivity contribution in [1.29, 1.82) is 0 Å². The Bertz CT molecular complexity index is 1080. The van der Waals surface area contributed by atoms with Crippen molar-refractivity contribution in [2.45, 2.75) is 25.6 Å². The molecule has 168 valence electrons. The minimum atomic E-state index is -4.50. The third kappa shape index (κ3) is 4.85. The normalized spacial score (nSPS) is 15.1. The van der Waals surface area contributed by atoms with E-state index in [4.69, 9.17) is 11.6 Å². The zero-order valence-corrected chi connectivity index (χ0v) is 17.6. The fourth-order valence-electron chi connectivity index (χ4n) is 3.67. The van der Waals surface area contributed by atoms with Crippen molar-refractivity contribution in [3.05, 3.63) is 65.3 Å². The summed E-state index contributed by atoms with van der Waals surface area (Å²) in [4.78, 5) is 18.4. The van der Waals surface area contributed by atoms with Gasteiger partial charge in [-0.15, -0.1) is 10.2 Å². The quantitative estimate of drug-likeness (QED) is 0.620. The van der Waals surface area contributed by atoms with Gasteiger partial charge < -0.3 is 10.2 Å². The van der Waals surface area contributed by atoms with E-state index in [0.717, 1.165) is 18.0 Å². The van der Waals surface area contributed by atoms with Gasteiger partial charge in [0.1, 0.15) is 12.1 Å². The van der Waals surface area contributed by atoms with Gasteiger partial charge in [0, 0.05) is 30.9 Å². The predicted molar refractivity (Wildman–Crippen MR) is 112 cm³/mol. The Kier molecular flexibility index (Phi) is 6.31. The highest BCUT2D eigenvalue weighted by Crippen LogP contribution is 2.34. The van der Waals surface area contributed by atoms with Crippen LogP contribution in [0.5, 0.6) is 0 Å². The number of alkyl halides is 3. The maximum Gasteiger partial charge on any atom is 0.417 e. The number of halogens is 4. The van der Waals surface area contributed by atoms with E-state index in [2.05, 4.69) is 20.5 Å². The number of benzene rings is 1. The molecule has 0 radical (unpaired) electrons. The molecule has 4 rings (SSSR count). The Morgan fingerprint density at radius 1 is 1.19 bits per heavy atom. The molecule has 0 aliphatic carbocycles. The fraction of sp³-hybridized carbons (Fsp3) is 0.333. The topological polar surface area (TPSA) is 75.9 Å². The molecule has 1 N–H and O–H groups in total. The monoisotopic (exact) mass is 464 g/mol. The van der Waals surface area contributed by atoms with E-state index >= 15 is 0 Å². The molecule has 1 aliphatic rings. The standard InChI is InChI=1S/C21H20ClF3N6O/c22-17-10-15(21(23,24)25)11-26-19(17)30-8-6-14(7-9-30)20(32)27-12-18-29-28-13-31(18)16-4-2-1-3-5-16/h1-5,10-11,13-14H,6-9,12H2,(H,27,32). The minimum Gasteiger partial charge on any atom is -0.355 e. The number of nitrogens with one attached hydrogen (secondary N) is 1. The molecular weight excluding hydrogens is 445 g/mol. The zero-order valence-electron chi connectivity index (χ0n) is 16.9. The van der Waals surface area contributed by atoms with E-state index in [1.165, 1.54) is 0 Å². The number of pyridine rings is 1. The SMILES string of the molecule is O=C(NCc1nncn1-c1ccccc1)C1CCN(c2ncc(C(F)(F)F)cc2Cl)CC1. The van der Waals surface area contributed by atoms with Crippen LogP contribution >= 0.6 is 11.6 Å². The van der Waals surface area contributed by atoms with Crippen LogP contribution in [0.1, 0.15) is 24.2 Å². The predicted octanol–water partition coefficient (Wildman–Crippen LogP) is 3.87.